The fourth-order valence-corrected chi connectivity index (χ4v) is 1.35. The molecule has 0 radical (unpaired) electrons. The van der Waals surface area contributed by atoms with Gasteiger partial charge >= 0.3 is 0 Å². The lowest BCUT2D eigenvalue weighted by atomic mass is 10.3. The first-order valence-electron chi connectivity index (χ1n) is 4.47. The van der Waals surface area contributed by atoms with Gasteiger partial charge in [-0.05, 0) is 25.8 Å². The van der Waals surface area contributed by atoms with E-state index in [1.165, 1.54) is 25.9 Å². The van der Waals surface area contributed by atoms with E-state index in [9.17, 15) is 0 Å². The monoisotopic (exact) mass is 163 g/mol. The zero-order chi connectivity index (χ0) is 8.97. The molecule has 0 aromatic carbocycles. The van der Waals surface area contributed by atoms with Gasteiger partial charge in [0, 0.05) is 18.8 Å². The van der Waals surface area contributed by atoms with Gasteiger partial charge < -0.3 is 4.90 Å². The maximum atomic E-state index is 4.01. The van der Waals surface area contributed by atoms with Gasteiger partial charge in [-0.15, -0.1) is 0 Å². The Bertz CT molecular complexity index is 207. The molecule has 0 unspecified atom stereocenters. The first-order chi connectivity index (χ1) is 5.70. The predicted molar refractivity (Wildman–Crippen MR) is 53.9 cm³/mol. The summed E-state index contributed by atoms with van der Waals surface area (Å²) in [6.07, 6.45) is 6.67. The van der Waals surface area contributed by atoms with Gasteiger partial charge in [-0.3, -0.25) is 0 Å². The molecule has 1 heterocycles. The highest BCUT2D eigenvalue weighted by Crippen LogP contribution is 2.14. The van der Waals surface area contributed by atoms with E-state index in [-0.39, 0.29) is 0 Å². The van der Waals surface area contributed by atoms with Gasteiger partial charge in [0.25, 0.3) is 0 Å². The summed E-state index contributed by atoms with van der Waals surface area (Å²) in [6.45, 7) is 12.1. The normalized spacial score (nSPS) is 17.2. The fraction of sp³-hybridized carbons (Fsp3) is 0.455. The summed E-state index contributed by atoms with van der Waals surface area (Å²) in [5.74, 6) is 0. The van der Waals surface area contributed by atoms with Gasteiger partial charge in [-0.25, -0.2) is 0 Å². The van der Waals surface area contributed by atoms with Crippen LogP contribution in [0.2, 0.25) is 0 Å². The van der Waals surface area contributed by atoms with E-state index in [2.05, 4.69) is 18.1 Å². The Morgan fingerprint density at radius 1 is 1.17 bits per heavy atom. The average molecular weight is 163 g/mol. The molecule has 1 fully saturated rings. The molecule has 1 nitrogen and oxygen atoms in total. The summed E-state index contributed by atoms with van der Waals surface area (Å²) in [4.78, 5) is 2.32. The standard InChI is InChI=1S/C11H17N/c1-10(2)6-7-11(3)12-8-4-5-9-12/h6-7H,1,3-5,8-9H2,2H3/b7-6-. The van der Waals surface area contributed by atoms with Crippen molar-refractivity contribution in [1.82, 2.24) is 4.90 Å². The third kappa shape index (κ3) is 2.57. The quantitative estimate of drug-likeness (QED) is 0.578. The van der Waals surface area contributed by atoms with Gasteiger partial charge in [-0.1, -0.05) is 24.8 Å². The molecule has 0 aliphatic carbocycles. The van der Waals surface area contributed by atoms with Gasteiger partial charge in [0.2, 0.25) is 0 Å². The van der Waals surface area contributed by atoms with Crippen molar-refractivity contribution in [2.75, 3.05) is 13.1 Å². The average Bonchev–Trinajstić information content (AvgIpc) is 2.51. The summed E-state index contributed by atoms with van der Waals surface area (Å²) in [7, 11) is 0. The number of rotatable bonds is 3. The van der Waals surface area contributed by atoms with Gasteiger partial charge in [0.1, 0.15) is 0 Å². The minimum absolute atomic E-state index is 1.08. The molecule has 1 aliphatic heterocycles. The first kappa shape index (κ1) is 9.11. The van der Waals surface area contributed by atoms with Crippen molar-refractivity contribution >= 4 is 0 Å². The number of allylic oxidation sites excluding steroid dienone is 3. The molecule has 12 heavy (non-hydrogen) atoms. The van der Waals surface area contributed by atoms with Gasteiger partial charge in [0.05, 0.1) is 0 Å². The minimum Gasteiger partial charge on any atom is -0.372 e. The number of hydrogen-bond donors (Lipinski definition) is 0. The predicted octanol–water partition coefficient (Wildman–Crippen LogP) is 2.73. The number of nitrogens with zero attached hydrogens (tertiary/aromatic N) is 1. The summed E-state index contributed by atoms with van der Waals surface area (Å²) in [6, 6.07) is 0. The molecule has 0 spiro atoms. The minimum atomic E-state index is 1.08. The van der Waals surface area contributed by atoms with E-state index in [1.807, 2.05) is 19.1 Å². The molecule has 0 aromatic heterocycles. The molecule has 0 atom stereocenters. The van der Waals surface area contributed by atoms with Crippen molar-refractivity contribution < 1.29 is 0 Å². The molecule has 1 rings (SSSR count). The Hall–Kier alpha value is -0.980. The Kier molecular flexibility index (Phi) is 3.15. The van der Waals surface area contributed by atoms with E-state index in [1.54, 1.807) is 0 Å². The molecule has 1 saturated heterocycles. The Morgan fingerprint density at radius 3 is 2.25 bits per heavy atom. The third-order valence-electron chi connectivity index (χ3n) is 2.07. The molecule has 0 bridgehead atoms. The lowest BCUT2D eigenvalue weighted by Crippen LogP contribution is -2.16. The smallest absolute Gasteiger partial charge is 0.0293 e. The van der Waals surface area contributed by atoms with E-state index in [0.29, 0.717) is 0 Å². The van der Waals surface area contributed by atoms with Crippen molar-refractivity contribution in [1.29, 1.82) is 0 Å². The van der Waals surface area contributed by atoms with Crippen molar-refractivity contribution in [3.05, 3.63) is 36.6 Å². The molecule has 0 N–H and O–H groups in total. The van der Waals surface area contributed by atoms with Crippen molar-refractivity contribution in [2.24, 2.45) is 0 Å². The van der Waals surface area contributed by atoms with E-state index >= 15 is 0 Å². The second kappa shape index (κ2) is 4.15. The molecule has 66 valence electrons. The van der Waals surface area contributed by atoms with Crippen molar-refractivity contribution in [3.8, 4) is 0 Å². The number of hydrogen-bond acceptors (Lipinski definition) is 1. The summed E-state index contributed by atoms with van der Waals surface area (Å²) < 4.78 is 0. The van der Waals surface area contributed by atoms with Crippen molar-refractivity contribution in [2.45, 2.75) is 19.8 Å². The first-order valence-corrected chi connectivity index (χ1v) is 4.47. The molecular formula is C11H17N. The zero-order valence-corrected chi connectivity index (χ0v) is 7.84. The Balaban J connectivity index is 2.42. The van der Waals surface area contributed by atoms with Crippen LogP contribution in [-0.2, 0) is 0 Å². The van der Waals surface area contributed by atoms with Crippen LogP contribution in [0.3, 0.4) is 0 Å². The van der Waals surface area contributed by atoms with Crippen LogP contribution in [0.15, 0.2) is 36.6 Å². The van der Waals surface area contributed by atoms with Crippen LogP contribution in [0, 0.1) is 0 Å². The highest BCUT2D eigenvalue weighted by molar-refractivity contribution is 5.22. The zero-order valence-electron chi connectivity index (χ0n) is 7.84. The van der Waals surface area contributed by atoms with Crippen molar-refractivity contribution in [3.63, 3.8) is 0 Å². The lowest BCUT2D eigenvalue weighted by Gasteiger charge is -2.16. The maximum absolute atomic E-state index is 4.01. The summed E-state index contributed by atoms with van der Waals surface area (Å²) in [5, 5.41) is 0. The highest BCUT2D eigenvalue weighted by Gasteiger charge is 2.10. The summed E-state index contributed by atoms with van der Waals surface area (Å²) >= 11 is 0. The molecule has 1 heteroatoms. The largest absolute Gasteiger partial charge is 0.372 e. The lowest BCUT2D eigenvalue weighted by molar-refractivity contribution is 0.442. The van der Waals surface area contributed by atoms with Crippen LogP contribution in [0.5, 0.6) is 0 Å². The SMILES string of the molecule is C=C(C)/C=C\C(=C)N1CCCC1. The second-order valence-electron chi connectivity index (χ2n) is 3.37. The van der Waals surface area contributed by atoms with Gasteiger partial charge in [-0.2, -0.15) is 0 Å². The molecule has 0 amide bonds. The second-order valence-corrected chi connectivity index (χ2v) is 3.37. The van der Waals surface area contributed by atoms with Crippen LogP contribution in [0.4, 0.5) is 0 Å². The van der Waals surface area contributed by atoms with Crippen LogP contribution < -0.4 is 0 Å². The van der Waals surface area contributed by atoms with E-state index in [0.717, 1.165) is 11.3 Å². The van der Waals surface area contributed by atoms with Crippen LogP contribution >= 0.6 is 0 Å². The molecular weight excluding hydrogens is 146 g/mol. The number of likely N-dealkylation sites (tertiary alicyclic amines) is 1. The van der Waals surface area contributed by atoms with Crippen LogP contribution in [0.25, 0.3) is 0 Å². The maximum Gasteiger partial charge on any atom is 0.0293 e. The Labute approximate surface area is 75.1 Å². The fourth-order valence-electron chi connectivity index (χ4n) is 1.35. The Morgan fingerprint density at radius 2 is 1.75 bits per heavy atom. The topological polar surface area (TPSA) is 3.24 Å². The molecule has 0 saturated carbocycles. The summed E-state index contributed by atoms with van der Waals surface area (Å²) in [5.41, 5.74) is 2.20. The van der Waals surface area contributed by atoms with E-state index in [4.69, 9.17) is 0 Å². The highest BCUT2D eigenvalue weighted by atomic mass is 15.1. The van der Waals surface area contributed by atoms with Crippen LogP contribution in [-0.4, -0.2) is 18.0 Å². The molecule has 0 aromatic rings. The van der Waals surface area contributed by atoms with Crippen LogP contribution in [0.1, 0.15) is 19.8 Å². The van der Waals surface area contributed by atoms with Gasteiger partial charge in [0.15, 0.2) is 0 Å². The molecule has 1 aliphatic rings. The van der Waals surface area contributed by atoms with E-state index < -0.39 is 0 Å². The third-order valence-corrected chi connectivity index (χ3v) is 2.07.